The van der Waals surface area contributed by atoms with Gasteiger partial charge in [0.25, 0.3) is 0 Å². The molecule has 25 heavy (non-hydrogen) atoms. The third kappa shape index (κ3) is 4.72. The van der Waals surface area contributed by atoms with Crippen molar-refractivity contribution in [2.75, 3.05) is 18.4 Å². The van der Waals surface area contributed by atoms with E-state index in [9.17, 15) is 9.18 Å². The second-order valence-corrected chi connectivity index (χ2v) is 7.09. The first-order valence-corrected chi connectivity index (χ1v) is 9.00. The highest BCUT2D eigenvalue weighted by Crippen LogP contribution is 2.28. The molecule has 6 heteroatoms. The molecule has 0 spiro atoms. The fourth-order valence-corrected chi connectivity index (χ4v) is 3.61. The number of hydrogen-bond donors (Lipinski definition) is 1. The molecule has 0 radical (unpaired) electrons. The summed E-state index contributed by atoms with van der Waals surface area (Å²) in [5.74, 6) is -0.472. The molecule has 2 aromatic carbocycles. The van der Waals surface area contributed by atoms with Crippen LogP contribution in [0.5, 0.6) is 0 Å². The van der Waals surface area contributed by atoms with Gasteiger partial charge in [-0.15, -0.1) is 0 Å². The molecule has 1 heterocycles. The van der Waals surface area contributed by atoms with Crippen molar-refractivity contribution in [1.29, 1.82) is 0 Å². The van der Waals surface area contributed by atoms with E-state index >= 15 is 0 Å². The van der Waals surface area contributed by atoms with E-state index in [-0.39, 0.29) is 17.6 Å². The van der Waals surface area contributed by atoms with Gasteiger partial charge >= 0.3 is 0 Å². The summed E-state index contributed by atoms with van der Waals surface area (Å²) in [5.41, 5.74) is 1.50. The number of nitrogens with zero attached hydrogens (tertiary/aromatic N) is 1. The third-order valence-corrected chi connectivity index (χ3v) is 5.14. The van der Waals surface area contributed by atoms with Gasteiger partial charge in [-0.2, -0.15) is 0 Å². The van der Waals surface area contributed by atoms with E-state index in [1.807, 2.05) is 18.2 Å². The fraction of sp³-hybridized carbons (Fsp3) is 0.316. The number of rotatable bonds is 4. The van der Waals surface area contributed by atoms with E-state index in [0.717, 1.165) is 24.9 Å². The molecule has 1 fully saturated rings. The number of anilines is 1. The summed E-state index contributed by atoms with van der Waals surface area (Å²) in [5, 5.41) is 4.15. The summed E-state index contributed by atoms with van der Waals surface area (Å²) >= 11 is 12.5. The zero-order chi connectivity index (χ0) is 17.8. The number of halogens is 3. The van der Waals surface area contributed by atoms with Crippen LogP contribution in [-0.2, 0) is 11.3 Å². The molecule has 0 saturated carbocycles. The second-order valence-electron chi connectivity index (χ2n) is 6.27. The van der Waals surface area contributed by atoms with E-state index in [1.54, 1.807) is 12.1 Å². The Bertz CT molecular complexity index is 731. The zero-order valence-electron chi connectivity index (χ0n) is 13.6. The fourth-order valence-electron chi connectivity index (χ4n) is 3.10. The Kier molecular flexibility index (Phi) is 5.94. The van der Waals surface area contributed by atoms with Crippen molar-refractivity contribution in [1.82, 2.24) is 4.90 Å². The maximum atomic E-state index is 13.0. The third-order valence-electron chi connectivity index (χ3n) is 4.43. The van der Waals surface area contributed by atoms with E-state index in [1.165, 1.54) is 12.1 Å². The minimum absolute atomic E-state index is 0.0402. The summed E-state index contributed by atoms with van der Waals surface area (Å²) in [6, 6.07) is 11.3. The number of hydrogen-bond acceptors (Lipinski definition) is 2. The minimum Gasteiger partial charge on any atom is -0.326 e. The van der Waals surface area contributed by atoms with Crippen LogP contribution in [0.1, 0.15) is 18.4 Å². The first-order chi connectivity index (χ1) is 12.0. The minimum atomic E-state index is -0.321. The summed E-state index contributed by atoms with van der Waals surface area (Å²) < 4.78 is 13.0. The summed E-state index contributed by atoms with van der Waals surface area (Å²) in [6.07, 6.45) is 1.77. The van der Waals surface area contributed by atoms with Crippen LogP contribution >= 0.6 is 23.2 Å². The number of benzene rings is 2. The number of nitrogens with one attached hydrogen (secondary N) is 1. The van der Waals surface area contributed by atoms with Gasteiger partial charge in [0, 0.05) is 34.4 Å². The SMILES string of the molecule is O=C(Nc1ccc(F)cc1)C1CCCN(Cc2c(Cl)cccc2Cl)C1. The van der Waals surface area contributed by atoms with Crippen molar-refractivity contribution in [3.63, 3.8) is 0 Å². The average Bonchev–Trinajstić information content (AvgIpc) is 2.60. The van der Waals surface area contributed by atoms with Crippen LogP contribution in [0.4, 0.5) is 10.1 Å². The molecule has 3 rings (SSSR count). The van der Waals surface area contributed by atoms with E-state index in [0.29, 0.717) is 28.8 Å². The molecule has 1 saturated heterocycles. The molecule has 1 aliphatic rings. The molecule has 1 unspecified atom stereocenters. The zero-order valence-corrected chi connectivity index (χ0v) is 15.2. The van der Waals surface area contributed by atoms with Gasteiger partial charge in [0.15, 0.2) is 0 Å². The van der Waals surface area contributed by atoms with Crippen LogP contribution < -0.4 is 5.32 Å². The van der Waals surface area contributed by atoms with Gasteiger partial charge in [0.2, 0.25) is 5.91 Å². The number of carbonyl (C=O) groups is 1. The van der Waals surface area contributed by atoms with Gasteiger partial charge in [0.05, 0.1) is 5.92 Å². The number of likely N-dealkylation sites (tertiary alicyclic amines) is 1. The normalized spacial score (nSPS) is 18.1. The van der Waals surface area contributed by atoms with Crippen molar-refractivity contribution in [2.24, 2.45) is 5.92 Å². The monoisotopic (exact) mass is 380 g/mol. The van der Waals surface area contributed by atoms with E-state index in [4.69, 9.17) is 23.2 Å². The Morgan fingerprint density at radius 2 is 1.84 bits per heavy atom. The Hall–Kier alpha value is -1.62. The van der Waals surface area contributed by atoms with Crippen LogP contribution in [0.3, 0.4) is 0 Å². The Labute approximate surface area is 156 Å². The van der Waals surface area contributed by atoms with Crippen molar-refractivity contribution in [3.8, 4) is 0 Å². The smallest absolute Gasteiger partial charge is 0.228 e. The van der Waals surface area contributed by atoms with Gasteiger partial charge in [-0.05, 0) is 55.8 Å². The molecule has 0 aromatic heterocycles. The highest BCUT2D eigenvalue weighted by atomic mass is 35.5. The lowest BCUT2D eigenvalue weighted by Crippen LogP contribution is -2.40. The highest BCUT2D eigenvalue weighted by molar-refractivity contribution is 6.35. The van der Waals surface area contributed by atoms with Crippen LogP contribution in [0.25, 0.3) is 0 Å². The van der Waals surface area contributed by atoms with Crippen LogP contribution in [0, 0.1) is 11.7 Å². The molecular weight excluding hydrogens is 362 g/mol. The number of piperidine rings is 1. The molecule has 1 aliphatic heterocycles. The molecule has 0 aliphatic carbocycles. The van der Waals surface area contributed by atoms with Crippen LogP contribution in [-0.4, -0.2) is 23.9 Å². The summed E-state index contributed by atoms with van der Waals surface area (Å²) in [7, 11) is 0. The van der Waals surface area contributed by atoms with Gasteiger partial charge < -0.3 is 5.32 Å². The van der Waals surface area contributed by atoms with Gasteiger partial charge in [-0.1, -0.05) is 29.3 Å². The first-order valence-electron chi connectivity index (χ1n) is 8.24. The Morgan fingerprint density at radius 1 is 1.16 bits per heavy atom. The van der Waals surface area contributed by atoms with Gasteiger partial charge in [-0.25, -0.2) is 4.39 Å². The van der Waals surface area contributed by atoms with Crippen molar-refractivity contribution in [3.05, 3.63) is 63.9 Å². The summed E-state index contributed by atoms with van der Waals surface area (Å²) in [4.78, 5) is 14.7. The largest absolute Gasteiger partial charge is 0.326 e. The van der Waals surface area contributed by atoms with Gasteiger partial charge in [0.1, 0.15) is 5.82 Å². The lowest BCUT2D eigenvalue weighted by Gasteiger charge is -2.32. The molecule has 1 N–H and O–H groups in total. The van der Waals surface area contributed by atoms with E-state index in [2.05, 4.69) is 10.2 Å². The van der Waals surface area contributed by atoms with Crippen molar-refractivity contribution < 1.29 is 9.18 Å². The second kappa shape index (κ2) is 8.17. The molecule has 2 aromatic rings. The maximum absolute atomic E-state index is 13.0. The van der Waals surface area contributed by atoms with Crippen molar-refractivity contribution in [2.45, 2.75) is 19.4 Å². The molecule has 1 atom stereocenters. The predicted octanol–water partition coefficient (Wildman–Crippen LogP) is 4.98. The lowest BCUT2D eigenvalue weighted by molar-refractivity contribution is -0.121. The maximum Gasteiger partial charge on any atom is 0.228 e. The molecular formula is C19H19Cl2FN2O. The van der Waals surface area contributed by atoms with Crippen LogP contribution in [0.2, 0.25) is 10.0 Å². The first kappa shape index (κ1) is 18.2. The van der Waals surface area contributed by atoms with Crippen molar-refractivity contribution >= 4 is 34.8 Å². The predicted molar refractivity (Wildman–Crippen MR) is 99.5 cm³/mol. The molecule has 1 amide bonds. The molecule has 0 bridgehead atoms. The quantitative estimate of drug-likeness (QED) is 0.810. The topological polar surface area (TPSA) is 32.3 Å². The van der Waals surface area contributed by atoms with E-state index < -0.39 is 0 Å². The lowest BCUT2D eigenvalue weighted by atomic mass is 9.96. The van der Waals surface area contributed by atoms with Gasteiger partial charge in [-0.3, -0.25) is 9.69 Å². The number of amides is 1. The van der Waals surface area contributed by atoms with Crippen LogP contribution in [0.15, 0.2) is 42.5 Å². The Balaban J connectivity index is 1.62. The Morgan fingerprint density at radius 3 is 2.52 bits per heavy atom. The standard InChI is InChI=1S/C19H19Cl2FN2O/c20-17-4-1-5-18(21)16(17)12-24-10-2-3-13(11-24)19(25)23-15-8-6-14(22)7-9-15/h1,4-9,13H,2-3,10-12H2,(H,23,25). The average molecular weight is 381 g/mol. The highest BCUT2D eigenvalue weighted by Gasteiger charge is 2.26. The number of carbonyl (C=O) groups excluding carboxylic acids is 1. The molecule has 3 nitrogen and oxygen atoms in total. The molecule has 132 valence electrons. The summed E-state index contributed by atoms with van der Waals surface area (Å²) in [6.45, 7) is 2.18.